The van der Waals surface area contributed by atoms with Crippen molar-refractivity contribution in [3.05, 3.63) is 24.3 Å². The first-order valence-corrected chi connectivity index (χ1v) is 14.2. The molecule has 0 saturated heterocycles. The van der Waals surface area contributed by atoms with Crippen LogP contribution in [-0.4, -0.2) is 28.9 Å². The summed E-state index contributed by atoms with van der Waals surface area (Å²) in [4.78, 5) is 0. The van der Waals surface area contributed by atoms with Crippen molar-refractivity contribution < 1.29 is 9.47 Å². The lowest BCUT2D eigenvalue weighted by Crippen LogP contribution is -2.10. The van der Waals surface area contributed by atoms with E-state index in [0.29, 0.717) is 0 Å². The molecule has 5 heteroatoms. The van der Waals surface area contributed by atoms with Crippen LogP contribution in [0.25, 0.3) is 20.2 Å². The minimum Gasteiger partial charge on any atom is -0.494 e. The Labute approximate surface area is 207 Å². The van der Waals surface area contributed by atoms with Crippen LogP contribution in [0.3, 0.4) is 0 Å². The third-order valence-electron chi connectivity index (χ3n) is 6.58. The van der Waals surface area contributed by atoms with Crippen LogP contribution >= 0.6 is 11.3 Å². The van der Waals surface area contributed by atoms with Crippen LogP contribution in [0.5, 0.6) is 11.5 Å². The van der Waals surface area contributed by atoms with Gasteiger partial charge in [-0.15, -0.1) is 11.3 Å². The highest BCUT2D eigenvalue weighted by molar-refractivity contribution is 7.26. The lowest BCUT2D eigenvalue weighted by atomic mass is 9.92. The maximum Gasteiger partial charge on any atom is 0.144 e. The van der Waals surface area contributed by atoms with E-state index in [1.165, 1.54) is 95.3 Å². The van der Waals surface area contributed by atoms with E-state index in [0.717, 1.165) is 37.6 Å². The summed E-state index contributed by atoms with van der Waals surface area (Å²) in [6.45, 7) is 6.16. The third kappa shape index (κ3) is 7.70. The molecule has 2 aromatic carbocycles. The first-order chi connectivity index (χ1) is 16.1. The van der Waals surface area contributed by atoms with Crippen LogP contribution in [0.15, 0.2) is 24.3 Å². The third-order valence-corrected chi connectivity index (χ3v) is 7.69. The van der Waals surface area contributed by atoms with E-state index in [2.05, 4.69) is 53.8 Å². The van der Waals surface area contributed by atoms with Gasteiger partial charge in [0.15, 0.2) is 0 Å². The summed E-state index contributed by atoms with van der Waals surface area (Å²) in [6.07, 6.45) is 15.5. The predicted molar refractivity (Wildman–Crippen MR) is 153 cm³/mol. The minimum atomic E-state index is 0.812. The summed E-state index contributed by atoms with van der Waals surface area (Å²) >= 11 is 1.88. The maximum atomic E-state index is 6.22. The lowest BCUT2D eigenvalue weighted by Gasteiger charge is -2.11. The van der Waals surface area contributed by atoms with E-state index >= 15 is 0 Å². The van der Waals surface area contributed by atoms with Gasteiger partial charge in [0.25, 0.3) is 0 Å². The van der Waals surface area contributed by atoms with Crippen LogP contribution in [0.1, 0.15) is 90.9 Å². The Balaban J connectivity index is 1.63. The summed E-state index contributed by atoms with van der Waals surface area (Å²) in [6, 6.07) is 9.10. The van der Waals surface area contributed by atoms with E-state index in [1.54, 1.807) is 0 Å². The molecule has 0 fully saturated rings. The second-order valence-corrected chi connectivity index (χ2v) is 10.6. The first kappa shape index (κ1) is 26.0. The highest BCUT2D eigenvalue weighted by Gasteiger charge is 2.12. The van der Waals surface area contributed by atoms with E-state index in [1.807, 2.05) is 11.3 Å². The zero-order valence-corrected chi connectivity index (χ0v) is 22.3. The summed E-state index contributed by atoms with van der Waals surface area (Å²) in [5, 5.41) is 2.59. The second kappa shape index (κ2) is 13.9. The fourth-order valence-corrected chi connectivity index (χ4v) is 5.74. The Hall–Kier alpha value is -1.61. The van der Waals surface area contributed by atoms with Crippen LogP contribution in [0.4, 0.5) is 0 Å². The largest absolute Gasteiger partial charge is 0.494 e. The molecule has 0 spiro atoms. The Morgan fingerprint density at radius 2 is 0.970 bits per heavy atom. The van der Waals surface area contributed by atoms with E-state index in [9.17, 15) is 0 Å². The number of benzene rings is 2. The highest BCUT2D eigenvalue weighted by atomic mass is 32.1. The highest BCUT2D eigenvalue weighted by Crippen LogP contribution is 2.36. The van der Waals surface area contributed by atoms with Gasteiger partial charge in [0, 0.05) is 20.2 Å². The molecule has 0 atom stereocenters. The Morgan fingerprint density at radius 1 is 0.576 bits per heavy atom. The van der Waals surface area contributed by atoms with E-state index < -0.39 is 0 Å². The monoisotopic (exact) mass is 464 g/mol. The van der Waals surface area contributed by atoms with Crippen molar-refractivity contribution in [1.29, 1.82) is 0 Å². The van der Waals surface area contributed by atoms with Crippen LogP contribution in [0, 0.1) is 0 Å². The normalized spacial score (nSPS) is 11.5. The molecule has 0 aliphatic heterocycles. The van der Waals surface area contributed by atoms with Crippen molar-refractivity contribution in [3.63, 3.8) is 0 Å². The molecule has 2 nitrogen and oxygen atoms in total. The number of unbranched alkanes of at least 4 members (excludes halogenated alkanes) is 10. The van der Waals surface area contributed by atoms with Crippen molar-refractivity contribution in [1.82, 2.24) is 0 Å². The first-order valence-electron chi connectivity index (χ1n) is 13.4. The van der Waals surface area contributed by atoms with E-state index in [4.69, 9.17) is 9.47 Å². The standard InChI is InChI=1S/C28H42B2O2S/c1-3-5-7-9-11-13-15-31-25-17-21-22-18-26(32-16-14-12-10-8-6-4-2)24(30)20-28(22)33-27(21)19-23(25)29/h17-20H,3-16,29-30H2,1-2H3. The molecule has 0 radical (unpaired) electrons. The number of hydrogen-bond acceptors (Lipinski definition) is 3. The zero-order chi connectivity index (χ0) is 23.5. The average Bonchev–Trinajstić information content (AvgIpc) is 3.13. The average molecular weight is 464 g/mol. The van der Waals surface area contributed by atoms with Gasteiger partial charge in [0.2, 0.25) is 0 Å². The number of ether oxygens (including phenoxy) is 2. The van der Waals surface area contributed by atoms with Gasteiger partial charge in [-0.05, 0) is 48.0 Å². The molecular weight excluding hydrogens is 422 g/mol. The molecule has 0 aliphatic rings. The summed E-state index contributed by atoms with van der Waals surface area (Å²) in [7, 11) is 4.33. The molecule has 33 heavy (non-hydrogen) atoms. The molecule has 1 heterocycles. The number of hydrogen-bond donors (Lipinski definition) is 0. The van der Waals surface area contributed by atoms with Crippen LogP contribution in [-0.2, 0) is 0 Å². The lowest BCUT2D eigenvalue weighted by molar-refractivity contribution is 0.307. The predicted octanol–water partition coefficient (Wildman–Crippen LogP) is 6.05. The smallest absolute Gasteiger partial charge is 0.144 e. The molecule has 0 bridgehead atoms. The van der Waals surface area contributed by atoms with Crippen LogP contribution in [0.2, 0.25) is 0 Å². The van der Waals surface area contributed by atoms with Gasteiger partial charge in [-0.2, -0.15) is 0 Å². The van der Waals surface area contributed by atoms with Crippen molar-refractivity contribution in [2.75, 3.05) is 13.2 Å². The van der Waals surface area contributed by atoms with Gasteiger partial charge in [0.1, 0.15) is 27.2 Å². The topological polar surface area (TPSA) is 18.5 Å². The van der Waals surface area contributed by atoms with Crippen LogP contribution < -0.4 is 20.4 Å². The van der Waals surface area contributed by atoms with Gasteiger partial charge in [-0.25, -0.2) is 0 Å². The van der Waals surface area contributed by atoms with E-state index in [-0.39, 0.29) is 0 Å². The van der Waals surface area contributed by atoms with Crippen molar-refractivity contribution in [3.8, 4) is 11.5 Å². The quantitative estimate of drug-likeness (QED) is 0.190. The molecule has 0 amide bonds. The second-order valence-electron chi connectivity index (χ2n) is 9.56. The molecular formula is C28H42B2O2S. The molecule has 1 aromatic heterocycles. The van der Waals surface area contributed by atoms with Gasteiger partial charge in [0.05, 0.1) is 13.2 Å². The Bertz CT molecular complexity index is 920. The Morgan fingerprint density at radius 3 is 1.39 bits per heavy atom. The van der Waals surface area contributed by atoms with Gasteiger partial charge < -0.3 is 9.47 Å². The van der Waals surface area contributed by atoms with Crippen molar-refractivity contribution in [2.24, 2.45) is 0 Å². The molecule has 3 rings (SSSR count). The van der Waals surface area contributed by atoms with Gasteiger partial charge in [-0.1, -0.05) is 78.1 Å². The molecule has 0 saturated carbocycles. The SMILES string of the molecule is Bc1cc2sc3cc(B)c(OCCCCCCCC)cc3c2cc1OCCCCCCCC. The fraction of sp³-hybridized carbons (Fsp3) is 0.571. The molecule has 3 aromatic rings. The summed E-state index contributed by atoms with van der Waals surface area (Å²) in [5.74, 6) is 2.07. The molecule has 0 unspecified atom stereocenters. The van der Waals surface area contributed by atoms with Gasteiger partial charge in [-0.3, -0.25) is 0 Å². The van der Waals surface area contributed by atoms with Crippen molar-refractivity contribution in [2.45, 2.75) is 90.9 Å². The summed E-state index contributed by atoms with van der Waals surface area (Å²) in [5.41, 5.74) is 2.47. The number of fused-ring (bicyclic) bond motifs is 3. The number of rotatable bonds is 16. The molecule has 178 valence electrons. The fourth-order valence-electron chi connectivity index (χ4n) is 4.47. The Kier molecular flexibility index (Phi) is 11.0. The molecule has 0 aliphatic carbocycles. The maximum absolute atomic E-state index is 6.22. The van der Waals surface area contributed by atoms with Gasteiger partial charge >= 0.3 is 0 Å². The minimum absolute atomic E-state index is 0.812. The zero-order valence-electron chi connectivity index (χ0n) is 21.4. The molecule has 0 N–H and O–H groups in total. The summed E-state index contributed by atoms with van der Waals surface area (Å²) < 4.78 is 15.1. The van der Waals surface area contributed by atoms with Crippen molar-refractivity contribution >= 4 is 58.1 Å². The number of thiophene rings is 1.